The van der Waals surface area contributed by atoms with Gasteiger partial charge in [0.1, 0.15) is 10.7 Å². The van der Waals surface area contributed by atoms with Crippen LogP contribution in [0.1, 0.15) is 28.9 Å². The lowest BCUT2D eigenvalue weighted by Crippen LogP contribution is -2.48. The predicted molar refractivity (Wildman–Crippen MR) is 85.5 cm³/mol. The Morgan fingerprint density at radius 1 is 1.27 bits per heavy atom. The van der Waals surface area contributed by atoms with E-state index in [2.05, 4.69) is 10.3 Å². The van der Waals surface area contributed by atoms with Gasteiger partial charge in [0.05, 0.1) is 0 Å². The Morgan fingerprint density at radius 2 is 1.95 bits per heavy atom. The molecule has 22 heavy (non-hydrogen) atoms. The largest absolute Gasteiger partial charge is 0.369 e. The Balaban J connectivity index is 1.63. The molecule has 1 heterocycles. The molecule has 1 aliphatic carbocycles. The summed E-state index contributed by atoms with van der Waals surface area (Å²) < 4.78 is 0. The number of carbonyl (C=O) groups is 2. The van der Waals surface area contributed by atoms with E-state index in [1.54, 1.807) is 5.38 Å². The number of rotatable bonds is 4. The molecule has 1 aromatic carbocycles. The number of nitrogens with two attached hydrogens (primary N) is 1. The van der Waals surface area contributed by atoms with E-state index in [-0.39, 0.29) is 23.8 Å². The number of nitrogens with zero attached hydrogens (tertiary/aromatic N) is 1. The summed E-state index contributed by atoms with van der Waals surface area (Å²) >= 11 is 1.45. The minimum absolute atomic E-state index is 0.0227. The van der Waals surface area contributed by atoms with E-state index in [0.29, 0.717) is 18.5 Å². The van der Waals surface area contributed by atoms with Crippen molar-refractivity contribution in [2.75, 3.05) is 0 Å². The van der Waals surface area contributed by atoms with Gasteiger partial charge in [0.2, 0.25) is 5.91 Å². The third-order valence-corrected chi connectivity index (χ3v) is 4.80. The molecule has 114 valence electrons. The second kappa shape index (κ2) is 5.88. The Kier molecular flexibility index (Phi) is 3.94. The van der Waals surface area contributed by atoms with Gasteiger partial charge < -0.3 is 11.1 Å². The first kappa shape index (κ1) is 14.7. The number of aryl methyl sites for hydroxylation is 1. The molecule has 0 bridgehead atoms. The van der Waals surface area contributed by atoms with Crippen LogP contribution in [0.15, 0.2) is 29.6 Å². The Bertz CT molecular complexity index is 702. The number of benzene rings is 1. The number of thiazole rings is 1. The van der Waals surface area contributed by atoms with Crippen molar-refractivity contribution in [3.63, 3.8) is 0 Å². The second-order valence-electron chi connectivity index (χ2n) is 5.65. The lowest BCUT2D eigenvalue weighted by Gasteiger charge is -2.33. The fraction of sp³-hybridized carbons (Fsp3) is 0.312. The van der Waals surface area contributed by atoms with Gasteiger partial charge in [-0.3, -0.25) is 9.59 Å². The van der Waals surface area contributed by atoms with E-state index < -0.39 is 0 Å². The summed E-state index contributed by atoms with van der Waals surface area (Å²) in [6.45, 7) is 2.03. The summed E-state index contributed by atoms with van der Waals surface area (Å²) in [5, 5.41) is 5.48. The molecule has 1 fully saturated rings. The summed E-state index contributed by atoms with van der Waals surface area (Å²) in [4.78, 5) is 27.5. The summed E-state index contributed by atoms with van der Waals surface area (Å²) in [6.07, 6.45) is 1.24. The summed E-state index contributed by atoms with van der Waals surface area (Å²) in [5.74, 6) is -0.591. The fourth-order valence-electron chi connectivity index (χ4n) is 2.43. The highest BCUT2D eigenvalue weighted by molar-refractivity contribution is 7.13. The summed E-state index contributed by atoms with van der Waals surface area (Å²) in [7, 11) is 0. The van der Waals surface area contributed by atoms with Gasteiger partial charge >= 0.3 is 0 Å². The molecule has 0 radical (unpaired) electrons. The van der Waals surface area contributed by atoms with Crippen molar-refractivity contribution in [3.8, 4) is 10.6 Å². The molecule has 5 nitrogen and oxygen atoms in total. The van der Waals surface area contributed by atoms with Gasteiger partial charge in [-0.2, -0.15) is 0 Å². The molecule has 3 N–H and O–H groups in total. The molecule has 1 aliphatic rings. The summed E-state index contributed by atoms with van der Waals surface area (Å²) in [6, 6.07) is 8.07. The lowest BCUT2D eigenvalue weighted by atomic mass is 9.80. The zero-order valence-electron chi connectivity index (χ0n) is 12.2. The fourth-order valence-corrected chi connectivity index (χ4v) is 3.24. The minimum Gasteiger partial charge on any atom is -0.369 e. The number of nitrogens with one attached hydrogen (secondary N) is 1. The number of hydrogen-bond donors (Lipinski definition) is 2. The van der Waals surface area contributed by atoms with Crippen molar-refractivity contribution in [2.45, 2.75) is 25.8 Å². The number of hydrogen-bond acceptors (Lipinski definition) is 4. The molecular formula is C16H17N3O2S. The first-order valence-corrected chi connectivity index (χ1v) is 8.03. The molecular weight excluding hydrogens is 298 g/mol. The first-order valence-electron chi connectivity index (χ1n) is 7.15. The van der Waals surface area contributed by atoms with Gasteiger partial charge in [-0.05, 0) is 19.8 Å². The third-order valence-electron chi connectivity index (χ3n) is 3.91. The van der Waals surface area contributed by atoms with Crippen LogP contribution in [-0.2, 0) is 4.79 Å². The molecule has 6 heteroatoms. The zero-order chi connectivity index (χ0) is 15.7. The van der Waals surface area contributed by atoms with Crippen LogP contribution in [-0.4, -0.2) is 22.8 Å². The molecule has 2 aromatic rings. The van der Waals surface area contributed by atoms with Crippen LogP contribution in [0, 0.1) is 12.8 Å². The summed E-state index contributed by atoms with van der Waals surface area (Å²) in [5.41, 5.74) is 7.83. The van der Waals surface area contributed by atoms with Crippen molar-refractivity contribution in [3.05, 3.63) is 40.9 Å². The number of aromatic nitrogens is 1. The van der Waals surface area contributed by atoms with E-state index in [9.17, 15) is 9.59 Å². The van der Waals surface area contributed by atoms with E-state index >= 15 is 0 Å². The molecule has 2 amide bonds. The highest BCUT2D eigenvalue weighted by Gasteiger charge is 2.34. The van der Waals surface area contributed by atoms with Crippen LogP contribution in [0.25, 0.3) is 10.6 Å². The molecule has 0 unspecified atom stereocenters. The average molecular weight is 315 g/mol. The number of carbonyl (C=O) groups excluding carboxylic acids is 2. The topological polar surface area (TPSA) is 85.1 Å². The van der Waals surface area contributed by atoms with Gasteiger partial charge in [-0.15, -0.1) is 11.3 Å². The van der Waals surface area contributed by atoms with Crippen LogP contribution < -0.4 is 11.1 Å². The monoisotopic (exact) mass is 315 g/mol. The third kappa shape index (κ3) is 3.01. The van der Waals surface area contributed by atoms with E-state index in [0.717, 1.165) is 10.6 Å². The second-order valence-corrected chi connectivity index (χ2v) is 6.50. The maximum Gasteiger partial charge on any atom is 0.270 e. The van der Waals surface area contributed by atoms with Crippen LogP contribution >= 0.6 is 11.3 Å². The van der Waals surface area contributed by atoms with Crippen molar-refractivity contribution >= 4 is 23.2 Å². The van der Waals surface area contributed by atoms with Gasteiger partial charge in [0, 0.05) is 22.9 Å². The SMILES string of the molecule is Cc1ccc(-c2nc(C(=O)NC3CC(C(N)=O)C3)cs2)cc1. The maximum absolute atomic E-state index is 12.1. The van der Waals surface area contributed by atoms with Gasteiger partial charge in [0.25, 0.3) is 5.91 Å². The van der Waals surface area contributed by atoms with Crippen molar-refractivity contribution in [1.29, 1.82) is 0 Å². The molecule has 3 rings (SSSR count). The van der Waals surface area contributed by atoms with Crippen molar-refractivity contribution < 1.29 is 9.59 Å². The van der Waals surface area contributed by atoms with Crippen molar-refractivity contribution in [1.82, 2.24) is 10.3 Å². The van der Waals surface area contributed by atoms with Gasteiger partial charge in [0.15, 0.2) is 0 Å². The predicted octanol–water partition coefficient (Wildman–Crippen LogP) is 2.11. The Labute approximate surface area is 132 Å². The number of primary amides is 1. The lowest BCUT2D eigenvalue weighted by molar-refractivity contribution is -0.124. The minimum atomic E-state index is -0.291. The molecule has 0 aliphatic heterocycles. The average Bonchev–Trinajstić information content (AvgIpc) is 2.92. The molecule has 1 saturated carbocycles. The van der Waals surface area contributed by atoms with E-state index in [1.807, 2.05) is 31.2 Å². The van der Waals surface area contributed by atoms with E-state index in [1.165, 1.54) is 16.9 Å². The zero-order valence-corrected chi connectivity index (χ0v) is 13.0. The highest BCUT2D eigenvalue weighted by Crippen LogP contribution is 2.28. The molecule has 1 aromatic heterocycles. The quantitative estimate of drug-likeness (QED) is 0.906. The number of amides is 2. The Hall–Kier alpha value is -2.21. The van der Waals surface area contributed by atoms with E-state index in [4.69, 9.17) is 5.73 Å². The standard InChI is InChI=1S/C16H17N3O2S/c1-9-2-4-10(5-3-9)16-19-13(8-22-16)15(21)18-12-6-11(7-12)14(17)20/h2-5,8,11-12H,6-7H2,1H3,(H2,17,20)(H,18,21). The smallest absolute Gasteiger partial charge is 0.270 e. The van der Waals surface area contributed by atoms with Crippen LogP contribution in [0.4, 0.5) is 0 Å². The van der Waals surface area contributed by atoms with Crippen LogP contribution in [0.5, 0.6) is 0 Å². The van der Waals surface area contributed by atoms with Crippen molar-refractivity contribution in [2.24, 2.45) is 11.7 Å². The normalized spacial score (nSPS) is 20.2. The van der Waals surface area contributed by atoms with Gasteiger partial charge in [-0.25, -0.2) is 4.98 Å². The van der Waals surface area contributed by atoms with Gasteiger partial charge in [-0.1, -0.05) is 29.8 Å². The van der Waals surface area contributed by atoms with Crippen LogP contribution in [0.2, 0.25) is 0 Å². The molecule has 0 saturated heterocycles. The first-order chi connectivity index (χ1) is 10.5. The highest BCUT2D eigenvalue weighted by atomic mass is 32.1. The molecule has 0 atom stereocenters. The Morgan fingerprint density at radius 3 is 2.59 bits per heavy atom. The molecule has 0 spiro atoms. The van der Waals surface area contributed by atoms with Crippen LogP contribution in [0.3, 0.4) is 0 Å². The maximum atomic E-state index is 12.1.